The molecule has 0 amide bonds. The first kappa shape index (κ1) is 15.7. The van der Waals surface area contributed by atoms with E-state index in [0.717, 1.165) is 52.6 Å². The number of anilines is 1. The van der Waals surface area contributed by atoms with Gasteiger partial charge in [0.25, 0.3) is 0 Å². The van der Waals surface area contributed by atoms with Crippen molar-refractivity contribution in [3.8, 4) is 0 Å². The molecule has 6 heteroatoms. The number of halogens is 1. The zero-order valence-corrected chi connectivity index (χ0v) is 14.7. The molecule has 2 aromatic carbocycles. The molecule has 1 aliphatic heterocycles. The molecule has 1 aliphatic rings. The van der Waals surface area contributed by atoms with Crippen LogP contribution in [0.1, 0.15) is 0 Å². The second-order valence-electron chi connectivity index (χ2n) is 5.82. The fraction of sp³-hybridized carbons (Fsp3) is 0.222. The summed E-state index contributed by atoms with van der Waals surface area (Å²) in [5.74, 6) is 0. The number of H-pyrrole nitrogens is 1. The Morgan fingerprint density at radius 1 is 1.08 bits per heavy atom. The number of nitrogens with zero attached hydrogens (tertiary/aromatic N) is 1. The van der Waals surface area contributed by atoms with Crippen molar-refractivity contribution in [2.75, 3.05) is 31.1 Å². The quantitative estimate of drug-likeness (QED) is 0.753. The van der Waals surface area contributed by atoms with E-state index in [4.69, 9.17) is 11.6 Å². The zero-order chi connectivity index (χ0) is 16.5. The molecule has 1 aromatic heterocycles. The van der Waals surface area contributed by atoms with Crippen molar-refractivity contribution in [3.63, 3.8) is 0 Å². The van der Waals surface area contributed by atoms with Gasteiger partial charge in [0.15, 0.2) is 0 Å². The highest BCUT2D eigenvalue weighted by atomic mass is 35.5. The van der Waals surface area contributed by atoms with Crippen LogP contribution in [0.25, 0.3) is 10.9 Å². The third-order valence-corrected chi connectivity index (χ3v) is 6.06. The Balaban J connectivity index is 1.66. The van der Waals surface area contributed by atoms with Crippen LogP contribution in [-0.2, 0) is 10.8 Å². The lowest BCUT2D eigenvalue weighted by Crippen LogP contribution is -2.43. The highest BCUT2D eigenvalue weighted by Gasteiger charge is 2.17. The van der Waals surface area contributed by atoms with Crippen molar-refractivity contribution < 1.29 is 4.21 Å². The Hall–Kier alpha value is -1.82. The van der Waals surface area contributed by atoms with Crippen LogP contribution in [0.2, 0.25) is 5.02 Å². The zero-order valence-electron chi connectivity index (χ0n) is 13.1. The lowest BCUT2D eigenvalue weighted by molar-refractivity contribution is 0.589. The molecular formula is C18H18ClN3OS. The summed E-state index contributed by atoms with van der Waals surface area (Å²) >= 11 is 6.48. The van der Waals surface area contributed by atoms with Crippen molar-refractivity contribution >= 4 is 39.0 Å². The third kappa shape index (κ3) is 2.83. The predicted molar refractivity (Wildman–Crippen MR) is 99.5 cm³/mol. The van der Waals surface area contributed by atoms with Crippen molar-refractivity contribution in [2.24, 2.45) is 0 Å². The van der Waals surface area contributed by atoms with Gasteiger partial charge < -0.3 is 15.2 Å². The Bertz CT molecular complexity index is 902. The lowest BCUT2D eigenvalue weighted by Gasteiger charge is -2.30. The van der Waals surface area contributed by atoms with E-state index >= 15 is 0 Å². The maximum absolute atomic E-state index is 13.0. The first-order valence-corrected chi connectivity index (χ1v) is 9.50. The van der Waals surface area contributed by atoms with Crippen molar-refractivity contribution in [2.45, 2.75) is 9.79 Å². The van der Waals surface area contributed by atoms with E-state index in [1.807, 2.05) is 48.7 Å². The van der Waals surface area contributed by atoms with Crippen LogP contribution in [0.15, 0.2) is 58.5 Å². The average molecular weight is 360 g/mol. The summed E-state index contributed by atoms with van der Waals surface area (Å²) in [6.45, 7) is 3.79. The van der Waals surface area contributed by atoms with E-state index in [2.05, 4.69) is 15.2 Å². The molecule has 0 aliphatic carbocycles. The molecule has 4 nitrogen and oxygen atoms in total. The molecule has 24 heavy (non-hydrogen) atoms. The van der Waals surface area contributed by atoms with Crippen LogP contribution >= 0.6 is 11.6 Å². The van der Waals surface area contributed by atoms with Gasteiger partial charge in [0.1, 0.15) is 0 Å². The molecular weight excluding hydrogens is 342 g/mol. The van der Waals surface area contributed by atoms with Gasteiger partial charge in [0.2, 0.25) is 0 Å². The molecule has 0 spiro atoms. The first-order chi connectivity index (χ1) is 11.7. The highest BCUT2D eigenvalue weighted by molar-refractivity contribution is 7.85. The summed E-state index contributed by atoms with van der Waals surface area (Å²) < 4.78 is 13.0. The summed E-state index contributed by atoms with van der Waals surface area (Å²) in [5.41, 5.74) is 2.00. The van der Waals surface area contributed by atoms with Crippen LogP contribution in [0, 0.1) is 0 Å². The average Bonchev–Trinajstić information content (AvgIpc) is 3.06. The van der Waals surface area contributed by atoms with E-state index < -0.39 is 10.8 Å². The SMILES string of the molecule is O=S(c1ccc(N2CCNCC2)c(Cl)c1)c1c[nH]c2ccccc12. The minimum Gasteiger partial charge on any atom is -0.368 e. The minimum atomic E-state index is -1.26. The van der Waals surface area contributed by atoms with Gasteiger partial charge >= 0.3 is 0 Å². The molecule has 1 atom stereocenters. The van der Waals surface area contributed by atoms with Crippen molar-refractivity contribution in [3.05, 3.63) is 53.7 Å². The van der Waals surface area contributed by atoms with Gasteiger partial charge in [0, 0.05) is 48.2 Å². The van der Waals surface area contributed by atoms with Crippen LogP contribution < -0.4 is 10.2 Å². The largest absolute Gasteiger partial charge is 0.368 e. The molecule has 3 aromatic rings. The topological polar surface area (TPSA) is 48.1 Å². The number of aromatic amines is 1. The first-order valence-electron chi connectivity index (χ1n) is 7.97. The Morgan fingerprint density at radius 2 is 1.88 bits per heavy atom. The summed E-state index contributed by atoms with van der Waals surface area (Å²) in [6, 6.07) is 13.6. The van der Waals surface area contributed by atoms with E-state index in [9.17, 15) is 4.21 Å². The monoisotopic (exact) mass is 359 g/mol. The van der Waals surface area contributed by atoms with Gasteiger partial charge in [-0.2, -0.15) is 0 Å². The van der Waals surface area contributed by atoms with Crippen molar-refractivity contribution in [1.82, 2.24) is 10.3 Å². The molecule has 0 radical (unpaired) electrons. The molecule has 0 bridgehead atoms. The van der Waals surface area contributed by atoms with Gasteiger partial charge in [-0.05, 0) is 24.3 Å². The standard InChI is InChI=1S/C18H18ClN3OS/c19-15-11-13(5-6-17(15)22-9-7-20-8-10-22)24(23)18-12-21-16-4-2-1-3-14(16)18/h1-6,11-12,20-21H,7-10H2. The second-order valence-corrected chi connectivity index (χ2v) is 7.67. The fourth-order valence-corrected chi connectivity index (χ4v) is 4.67. The van der Waals surface area contributed by atoms with Gasteiger partial charge in [-0.15, -0.1) is 0 Å². The van der Waals surface area contributed by atoms with Gasteiger partial charge in [0.05, 0.1) is 26.4 Å². The van der Waals surface area contributed by atoms with E-state index in [-0.39, 0.29) is 0 Å². The number of piperazine rings is 1. The lowest BCUT2D eigenvalue weighted by atomic mass is 10.2. The number of para-hydroxylation sites is 1. The van der Waals surface area contributed by atoms with E-state index in [1.165, 1.54) is 0 Å². The van der Waals surface area contributed by atoms with Gasteiger partial charge in [-0.25, -0.2) is 4.21 Å². The summed E-state index contributed by atoms with van der Waals surface area (Å²) in [7, 11) is -1.26. The number of hydrogen-bond acceptors (Lipinski definition) is 3. The highest BCUT2D eigenvalue weighted by Crippen LogP contribution is 2.31. The van der Waals surface area contributed by atoms with E-state index in [1.54, 1.807) is 0 Å². The smallest absolute Gasteiger partial charge is 0.0871 e. The Morgan fingerprint density at radius 3 is 2.67 bits per heavy atom. The maximum Gasteiger partial charge on any atom is 0.0871 e. The third-order valence-electron chi connectivity index (χ3n) is 4.34. The molecule has 124 valence electrons. The van der Waals surface area contributed by atoms with Crippen molar-refractivity contribution in [1.29, 1.82) is 0 Å². The number of aromatic nitrogens is 1. The summed E-state index contributed by atoms with van der Waals surface area (Å²) in [5, 5.41) is 4.97. The molecule has 1 saturated heterocycles. The summed E-state index contributed by atoms with van der Waals surface area (Å²) in [4.78, 5) is 6.95. The maximum atomic E-state index is 13.0. The van der Waals surface area contributed by atoms with Crippen LogP contribution in [0.5, 0.6) is 0 Å². The van der Waals surface area contributed by atoms with Crippen LogP contribution in [-0.4, -0.2) is 35.4 Å². The van der Waals surface area contributed by atoms with E-state index in [0.29, 0.717) is 5.02 Å². The molecule has 2 heterocycles. The number of fused-ring (bicyclic) bond motifs is 1. The number of rotatable bonds is 3. The van der Waals surface area contributed by atoms with Crippen LogP contribution in [0.4, 0.5) is 5.69 Å². The number of hydrogen-bond donors (Lipinski definition) is 2. The Kier molecular flexibility index (Phi) is 4.31. The molecule has 1 fully saturated rings. The predicted octanol–water partition coefficient (Wildman–Crippen LogP) is 3.40. The molecule has 4 rings (SSSR count). The van der Waals surface area contributed by atoms with Crippen LogP contribution in [0.3, 0.4) is 0 Å². The molecule has 0 saturated carbocycles. The summed E-state index contributed by atoms with van der Waals surface area (Å²) in [6.07, 6.45) is 1.82. The normalized spacial score (nSPS) is 16.5. The van der Waals surface area contributed by atoms with Gasteiger partial charge in [-0.1, -0.05) is 29.8 Å². The second kappa shape index (κ2) is 6.59. The molecule has 1 unspecified atom stereocenters. The molecule has 2 N–H and O–H groups in total. The number of nitrogens with one attached hydrogen (secondary N) is 2. The fourth-order valence-electron chi connectivity index (χ4n) is 3.09. The minimum absolute atomic E-state index is 0.655. The van der Waals surface area contributed by atoms with Gasteiger partial charge in [-0.3, -0.25) is 0 Å². The number of benzene rings is 2. The Labute approximate surface area is 148 Å².